The standard InChI is InChI=1S/C23H32N4O3S/c1-23(2,26-11-13-30-14-12-26)16-24-20(28)15-31-22-25-19-10-6-5-9-18(19)21(29)27(22)17-7-3-4-8-17/h5-6,9-10,17H,3-4,7-8,11-16H2,1-2H3,(H,24,28). The van der Waals surface area contributed by atoms with Crippen LogP contribution >= 0.6 is 11.8 Å². The van der Waals surface area contributed by atoms with E-state index in [-0.39, 0.29) is 28.8 Å². The number of nitrogens with one attached hydrogen (secondary N) is 1. The topological polar surface area (TPSA) is 76.5 Å². The van der Waals surface area contributed by atoms with Crippen LogP contribution < -0.4 is 10.9 Å². The number of hydrogen-bond donors (Lipinski definition) is 1. The highest BCUT2D eigenvalue weighted by molar-refractivity contribution is 7.99. The zero-order chi connectivity index (χ0) is 21.8. The Hall–Kier alpha value is -1.90. The molecule has 2 heterocycles. The monoisotopic (exact) mass is 444 g/mol. The molecule has 4 rings (SSSR count). The minimum Gasteiger partial charge on any atom is -0.379 e. The number of carbonyl (C=O) groups excluding carboxylic acids is 1. The van der Waals surface area contributed by atoms with Gasteiger partial charge in [-0.2, -0.15) is 0 Å². The minimum atomic E-state index is -0.128. The summed E-state index contributed by atoms with van der Waals surface area (Å²) in [5, 5.41) is 4.37. The van der Waals surface area contributed by atoms with Crippen LogP contribution in [0.2, 0.25) is 0 Å². The Morgan fingerprint density at radius 2 is 1.94 bits per heavy atom. The Bertz CT molecular complexity index is 978. The van der Waals surface area contributed by atoms with Crippen LogP contribution in [0.15, 0.2) is 34.2 Å². The highest BCUT2D eigenvalue weighted by atomic mass is 32.2. The third-order valence-electron chi connectivity index (χ3n) is 6.38. The van der Waals surface area contributed by atoms with E-state index in [1.165, 1.54) is 11.8 Å². The summed E-state index contributed by atoms with van der Waals surface area (Å²) in [6.07, 6.45) is 4.25. The van der Waals surface area contributed by atoms with Crippen molar-refractivity contribution in [3.63, 3.8) is 0 Å². The maximum atomic E-state index is 13.2. The van der Waals surface area contributed by atoms with E-state index < -0.39 is 0 Å². The number of hydrogen-bond acceptors (Lipinski definition) is 6. The van der Waals surface area contributed by atoms with Gasteiger partial charge < -0.3 is 10.1 Å². The first-order valence-electron chi connectivity index (χ1n) is 11.2. The van der Waals surface area contributed by atoms with Crippen LogP contribution in [0.1, 0.15) is 45.6 Å². The van der Waals surface area contributed by atoms with Crippen molar-refractivity contribution in [3.8, 4) is 0 Å². The Morgan fingerprint density at radius 1 is 1.23 bits per heavy atom. The quantitative estimate of drug-likeness (QED) is 0.523. The molecule has 0 unspecified atom stereocenters. The number of thioether (sulfide) groups is 1. The maximum Gasteiger partial charge on any atom is 0.262 e. The number of ether oxygens (including phenoxy) is 1. The van der Waals surface area contributed by atoms with Gasteiger partial charge in [0.2, 0.25) is 5.91 Å². The Kier molecular flexibility index (Phi) is 6.99. The number of rotatable bonds is 7. The highest BCUT2D eigenvalue weighted by Gasteiger charge is 2.29. The van der Waals surface area contributed by atoms with Gasteiger partial charge in [0, 0.05) is 31.2 Å². The number of morpholine rings is 1. The van der Waals surface area contributed by atoms with Crippen LogP contribution in [0.4, 0.5) is 0 Å². The second-order valence-corrected chi connectivity index (χ2v) is 9.94. The summed E-state index contributed by atoms with van der Waals surface area (Å²) in [4.78, 5) is 33.0. The molecule has 168 valence electrons. The first-order valence-corrected chi connectivity index (χ1v) is 12.2. The smallest absolute Gasteiger partial charge is 0.262 e. The molecule has 1 aliphatic heterocycles. The van der Waals surface area contributed by atoms with Crippen LogP contribution in [0.5, 0.6) is 0 Å². The lowest BCUT2D eigenvalue weighted by atomic mass is 10.0. The molecule has 0 atom stereocenters. The van der Waals surface area contributed by atoms with Gasteiger partial charge in [-0.25, -0.2) is 4.98 Å². The van der Waals surface area contributed by atoms with Gasteiger partial charge in [-0.3, -0.25) is 19.1 Å². The molecule has 1 aliphatic carbocycles. The van der Waals surface area contributed by atoms with Gasteiger partial charge in [0.25, 0.3) is 5.56 Å². The summed E-state index contributed by atoms with van der Waals surface area (Å²) in [6, 6.07) is 7.65. The van der Waals surface area contributed by atoms with Crippen molar-refractivity contribution in [1.82, 2.24) is 19.8 Å². The Morgan fingerprint density at radius 3 is 2.68 bits per heavy atom. The summed E-state index contributed by atoms with van der Waals surface area (Å²) < 4.78 is 7.27. The summed E-state index contributed by atoms with van der Waals surface area (Å²) in [7, 11) is 0. The summed E-state index contributed by atoms with van der Waals surface area (Å²) in [5.41, 5.74) is 0.573. The molecule has 1 aromatic heterocycles. The number of aromatic nitrogens is 2. The fraction of sp³-hybridized carbons (Fsp3) is 0.609. The second-order valence-electron chi connectivity index (χ2n) is 9.00. The van der Waals surface area contributed by atoms with Gasteiger partial charge in [-0.1, -0.05) is 36.7 Å². The van der Waals surface area contributed by atoms with Gasteiger partial charge in [0.15, 0.2) is 5.16 Å². The van der Waals surface area contributed by atoms with E-state index in [9.17, 15) is 9.59 Å². The molecule has 0 radical (unpaired) electrons. The van der Waals surface area contributed by atoms with Crippen LogP contribution in [-0.2, 0) is 9.53 Å². The third kappa shape index (κ3) is 5.13. The number of benzene rings is 1. The Labute approximate surface area is 187 Å². The maximum absolute atomic E-state index is 13.2. The van der Waals surface area contributed by atoms with E-state index in [0.29, 0.717) is 22.6 Å². The first kappa shape index (κ1) is 22.3. The lowest BCUT2D eigenvalue weighted by molar-refractivity contribution is -0.119. The van der Waals surface area contributed by atoms with Crippen molar-refractivity contribution in [2.45, 2.75) is 56.3 Å². The molecule has 2 aromatic rings. The largest absolute Gasteiger partial charge is 0.379 e. The molecule has 8 heteroatoms. The lowest BCUT2D eigenvalue weighted by Gasteiger charge is -2.40. The van der Waals surface area contributed by atoms with Crippen molar-refractivity contribution in [2.24, 2.45) is 0 Å². The number of fused-ring (bicyclic) bond motifs is 1. The SMILES string of the molecule is CC(C)(CNC(=O)CSc1nc2ccccc2c(=O)n1C1CCCC1)N1CCOCC1. The molecule has 2 aliphatic rings. The normalized spacial score (nSPS) is 18.5. The molecule has 1 saturated carbocycles. The van der Waals surface area contributed by atoms with E-state index in [2.05, 4.69) is 24.1 Å². The van der Waals surface area contributed by atoms with E-state index in [1.807, 2.05) is 28.8 Å². The molecule has 1 N–H and O–H groups in total. The molecule has 1 aromatic carbocycles. The van der Waals surface area contributed by atoms with Crippen molar-refractivity contribution in [3.05, 3.63) is 34.6 Å². The number of carbonyl (C=O) groups is 1. The molecule has 31 heavy (non-hydrogen) atoms. The predicted octanol–water partition coefficient (Wildman–Crippen LogP) is 2.83. The average molecular weight is 445 g/mol. The zero-order valence-corrected chi connectivity index (χ0v) is 19.2. The van der Waals surface area contributed by atoms with Crippen LogP contribution in [0, 0.1) is 0 Å². The van der Waals surface area contributed by atoms with Crippen molar-refractivity contribution < 1.29 is 9.53 Å². The van der Waals surface area contributed by atoms with E-state index in [1.54, 1.807) is 0 Å². The fourth-order valence-electron chi connectivity index (χ4n) is 4.49. The summed E-state index contributed by atoms with van der Waals surface area (Å²) >= 11 is 1.36. The zero-order valence-electron chi connectivity index (χ0n) is 18.4. The number of para-hydroxylation sites is 1. The highest BCUT2D eigenvalue weighted by Crippen LogP contribution is 2.32. The van der Waals surface area contributed by atoms with Gasteiger partial charge in [-0.05, 0) is 38.8 Å². The van der Waals surface area contributed by atoms with E-state index in [0.717, 1.165) is 52.0 Å². The molecule has 7 nitrogen and oxygen atoms in total. The van der Waals surface area contributed by atoms with Crippen LogP contribution in [-0.4, -0.2) is 64.5 Å². The minimum absolute atomic E-state index is 0.00820. The summed E-state index contributed by atoms with van der Waals surface area (Å²) in [5.74, 6) is 0.211. The average Bonchev–Trinajstić information content (AvgIpc) is 3.31. The van der Waals surface area contributed by atoms with Gasteiger partial charge >= 0.3 is 0 Å². The van der Waals surface area contributed by atoms with Gasteiger partial charge in [0.05, 0.1) is 29.9 Å². The van der Waals surface area contributed by atoms with E-state index in [4.69, 9.17) is 9.72 Å². The molecule has 1 saturated heterocycles. The van der Waals surface area contributed by atoms with Crippen molar-refractivity contribution in [2.75, 3.05) is 38.6 Å². The molecular weight excluding hydrogens is 412 g/mol. The van der Waals surface area contributed by atoms with Gasteiger partial charge in [0.1, 0.15) is 0 Å². The fourth-order valence-corrected chi connectivity index (χ4v) is 5.38. The van der Waals surface area contributed by atoms with Crippen molar-refractivity contribution in [1.29, 1.82) is 0 Å². The molecule has 1 amide bonds. The van der Waals surface area contributed by atoms with Crippen molar-refractivity contribution >= 4 is 28.6 Å². The van der Waals surface area contributed by atoms with Crippen LogP contribution in [0.25, 0.3) is 10.9 Å². The Balaban J connectivity index is 1.45. The number of nitrogens with zero attached hydrogens (tertiary/aromatic N) is 3. The molecule has 0 bridgehead atoms. The predicted molar refractivity (Wildman–Crippen MR) is 124 cm³/mol. The summed E-state index contributed by atoms with van der Waals surface area (Å²) in [6.45, 7) is 8.10. The number of amides is 1. The van der Waals surface area contributed by atoms with Gasteiger partial charge in [-0.15, -0.1) is 0 Å². The van der Waals surface area contributed by atoms with E-state index >= 15 is 0 Å². The third-order valence-corrected chi connectivity index (χ3v) is 7.34. The molecule has 0 spiro atoms. The second kappa shape index (κ2) is 9.71. The van der Waals surface area contributed by atoms with Crippen LogP contribution in [0.3, 0.4) is 0 Å². The lowest BCUT2D eigenvalue weighted by Crippen LogP contribution is -2.55. The first-order chi connectivity index (χ1) is 15.0. The molecule has 2 fully saturated rings. The molecular formula is C23H32N4O3S.